The number of carbonyl (C=O) groups is 1. The molecule has 0 saturated carbocycles. The van der Waals surface area contributed by atoms with Crippen molar-refractivity contribution < 1.29 is 9.53 Å². The molecule has 1 heterocycles. The Labute approximate surface area is 85.5 Å². The minimum Gasteiger partial charge on any atom is -0.468 e. The highest BCUT2D eigenvalue weighted by Crippen LogP contribution is 2.39. The average Bonchev–Trinajstić information content (AvgIpc) is 2.19. The van der Waals surface area contributed by atoms with Crippen molar-refractivity contribution in [3.63, 3.8) is 0 Å². The normalized spacial score (nSPS) is 19.9. The van der Waals surface area contributed by atoms with Crippen LogP contribution in [0.2, 0.25) is 12.6 Å². The first-order chi connectivity index (χ1) is 6.70. The van der Waals surface area contributed by atoms with E-state index < -0.39 is 0 Å². The van der Waals surface area contributed by atoms with Crippen molar-refractivity contribution in [2.45, 2.75) is 38.8 Å². The molecule has 0 aliphatic carbocycles. The molecule has 0 atom stereocenters. The molecule has 1 aliphatic heterocycles. The maximum Gasteiger partial charge on any atom is 0.293 e. The van der Waals surface area contributed by atoms with E-state index in [9.17, 15) is 4.79 Å². The molecule has 4 heteroatoms. The summed E-state index contributed by atoms with van der Waals surface area (Å²) < 4.78 is 4.71. The maximum absolute atomic E-state index is 9.98. The second-order valence-corrected chi connectivity index (χ2v) is 4.43. The van der Waals surface area contributed by atoms with Crippen LogP contribution in [0.3, 0.4) is 0 Å². The van der Waals surface area contributed by atoms with Gasteiger partial charge < -0.3 is 4.74 Å². The fourth-order valence-corrected chi connectivity index (χ4v) is 2.05. The summed E-state index contributed by atoms with van der Waals surface area (Å²) in [4.78, 5) is 9.98. The van der Waals surface area contributed by atoms with Crippen molar-refractivity contribution in [1.29, 1.82) is 5.26 Å². The molecule has 0 unspecified atom stereocenters. The lowest BCUT2D eigenvalue weighted by atomic mass is 9.39. The van der Waals surface area contributed by atoms with Crippen LogP contribution in [0, 0.1) is 16.6 Å². The Kier molecular flexibility index (Phi) is 4.00. The van der Waals surface area contributed by atoms with Crippen LogP contribution < -0.4 is 0 Å². The zero-order chi connectivity index (χ0) is 10.4. The second kappa shape index (κ2) is 5.04. The van der Waals surface area contributed by atoms with Gasteiger partial charge in [0.15, 0.2) is 0 Å². The molecule has 76 valence electrons. The summed E-state index contributed by atoms with van der Waals surface area (Å²) in [6.07, 6.45) is 5.06. The van der Waals surface area contributed by atoms with Gasteiger partial charge in [0.25, 0.3) is 13.2 Å². The van der Waals surface area contributed by atoms with Crippen molar-refractivity contribution >= 4 is 13.2 Å². The van der Waals surface area contributed by atoms with Crippen LogP contribution in [0.4, 0.5) is 0 Å². The number of carbonyl (C=O) groups excluding carboxylic acids is 1. The van der Waals surface area contributed by atoms with E-state index in [0.29, 0.717) is 13.1 Å². The van der Waals surface area contributed by atoms with Gasteiger partial charge >= 0.3 is 0 Å². The van der Waals surface area contributed by atoms with Crippen LogP contribution in [-0.4, -0.2) is 19.8 Å². The number of nitrogens with zero attached hydrogens (tertiary/aromatic N) is 1. The zero-order valence-electron chi connectivity index (χ0n) is 8.66. The molecule has 3 nitrogen and oxygen atoms in total. The molecule has 0 spiro atoms. The minimum absolute atomic E-state index is 0.245. The molecule has 1 aliphatic rings. The van der Waals surface area contributed by atoms with Gasteiger partial charge in [0.05, 0.1) is 6.61 Å². The van der Waals surface area contributed by atoms with Gasteiger partial charge in [-0.1, -0.05) is 32.4 Å². The van der Waals surface area contributed by atoms with E-state index in [0.717, 1.165) is 31.9 Å². The Morgan fingerprint density at radius 3 is 2.71 bits per heavy atom. The Hall–Kier alpha value is -0.975. The Morgan fingerprint density at radius 2 is 2.21 bits per heavy atom. The third-order valence-electron chi connectivity index (χ3n) is 3.27. The van der Waals surface area contributed by atoms with Gasteiger partial charge in [0, 0.05) is 5.97 Å². The molecule has 0 aromatic carbocycles. The van der Waals surface area contributed by atoms with Crippen LogP contribution in [0.5, 0.6) is 0 Å². The van der Waals surface area contributed by atoms with Gasteiger partial charge in [-0.05, 0) is 11.8 Å². The van der Waals surface area contributed by atoms with Crippen molar-refractivity contribution in [3.05, 3.63) is 0 Å². The van der Waals surface area contributed by atoms with E-state index in [1.54, 1.807) is 0 Å². The molecule has 0 aromatic rings. The van der Waals surface area contributed by atoms with E-state index in [-0.39, 0.29) is 12.1 Å². The number of rotatable bonds is 4. The van der Waals surface area contributed by atoms with E-state index in [1.807, 2.05) is 0 Å². The number of nitriles is 1. The van der Waals surface area contributed by atoms with Crippen LogP contribution in [0.25, 0.3) is 0 Å². The summed E-state index contributed by atoms with van der Waals surface area (Å²) in [6, 6.07) is 0. The summed E-state index contributed by atoms with van der Waals surface area (Å²) in [5.41, 5.74) is 0.274. The second-order valence-electron chi connectivity index (χ2n) is 4.43. The number of hydrogen-bond donors (Lipinski definition) is 0. The third kappa shape index (κ3) is 3.06. The molecule has 0 N–H and O–H groups in total. The van der Waals surface area contributed by atoms with Crippen LogP contribution in [0.1, 0.15) is 26.2 Å². The lowest BCUT2D eigenvalue weighted by Gasteiger charge is -2.34. The van der Waals surface area contributed by atoms with Crippen LogP contribution in [-0.2, 0) is 9.53 Å². The molecule has 1 rings (SSSR count). The lowest BCUT2D eigenvalue weighted by Crippen LogP contribution is -2.29. The first kappa shape index (κ1) is 11.1. The molecular weight excluding hydrogens is 177 g/mol. The summed E-state index contributed by atoms with van der Waals surface area (Å²) >= 11 is 0. The molecule has 0 amide bonds. The van der Waals surface area contributed by atoms with Crippen molar-refractivity contribution in [2.75, 3.05) is 6.61 Å². The Balaban J connectivity index is 2.30. The van der Waals surface area contributed by atoms with Gasteiger partial charge in [-0.3, -0.25) is 4.79 Å². The topological polar surface area (TPSA) is 50.1 Å². The van der Waals surface area contributed by atoms with Gasteiger partial charge in [-0.2, -0.15) is 0 Å². The van der Waals surface area contributed by atoms with Gasteiger partial charge in [-0.25, -0.2) is 5.26 Å². The Bertz CT molecular complexity index is 229. The zero-order valence-corrected chi connectivity index (χ0v) is 8.66. The predicted octanol–water partition coefficient (Wildman–Crippen LogP) is 1.91. The summed E-state index contributed by atoms with van der Waals surface area (Å²) in [7, 11) is 0. The summed E-state index contributed by atoms with van der Waals surface area (Å²) in [5.74, 6) is 2.32. The third-order valence-corrected chi connectivity index (χ3v) is 3.27. The highest BCUT2D eigenvalue weighted by molar-refractivity contribution is 6.67. The summed E-state index contributed by atoms with van der Waals surface area (Å²) in [5, 5.41) is 8.75. The van der Waals surface area contributed by atoms with E-state index in [4.69, 9.17) is 10.00 Å². The molecule has 1 saturated heterocycles. The predicted molar refractivity (Wildman–Crippen MR) is 55.0 cm³/mol. The van der Waals surface area contributed by atoms with Crippen molar-refractivity contribution in [3.8, 4) is 5.97 Å². The SMILES string of the molecule is CC1(CCOC=O)CCB(C#N)CC1. The molecule has 14 heavy (non-hydrogen) atoms. The molecule has 0 radical (unpaired) electrons. The minimum atomic E-state index is 0.245. The molecule has 0 aromatic heterocycles. The number of ether oxygens (including phenoxy) is 1. The van der Waals surface area contributed by atoms with E-state index in [1.165, 1.54) is 0 Å². The molecule has 1 fully saturated rings. The van der Waals surface area contributed by atoms with Crippen LogP contribution >= 0.6 is 0 Å². The smallest absolute Gasteiger partial charge is 0.293 e. The van der Waals surface area contributed by atoms with Gasteiger partial charge in [0.1, 0.15) is 0 Å². The quantitative estimate of drug-likeness (QED) is 0.389. The fraction of sp³-hybridized carbons (Fsp3) is 0.800. The van der Waals surface area contributed by atoms with Crippen molar-refractivity contribution in [1.82, 2.24) is 0 Å². The highest BCUT2D eigenvalue weighted by Gasteiger charge is 2.32. The van der Waals surface area contributed by atoms with Crippen LogP contribution in [0.15, 0.2) is 0 Å². The largest absolute Gasteiger partial charge is 0.468 e. The lowest BCUT2D eigenvalue weighted by molar-refractivity contribution is -0.129. The maximum atomic E-state index is 9.98. The Morgan fingerprint density at radius 1 is 1.57 bits per heavy atom. The van der Waals surface area contributed by atoms with E-state index >= 15 is 0 Å². The highest BCUT2D eigenvalue weighted by atomic mass is 16.5. The fourth-order valence-electron chi connectivity index (χ4n) is 2.05. The van der Waals surface area contributed by atoms with E-state index in [2.05, 4.69) is 12.9 Å². The monoisotopic (exact) mass is 193 g/mol. The first-order valence-electron chi connectivity index (χ1n) is 5.15. The number of hydrogen-bond acceptors (Lipinski definition) is 3. The van der Waals surface area contributed by atoms with Crippen molar-refractivity contribution in [2.24, 2.45) is 5.41 Å². The van der Waals surface area contributed by atoms with Gasteiger partial charge in [-0.15, -0.1) is 0 Å². The molecular formula is C10H16BNO2. The summed E-state index contributed by atoms with van der Waals surface area (Å²) in [6.45, 7) is 3.48. The first-order valence-corrected chi connectivity index (χ1v) is 5.15. The van der Waals surface area contributed by atoms with Gasteiger partial charge in [0.2, 0.25) is 0 Å². The average molecular weight is 193 g/mol. The standard InChI is InChI=1S/C10H16BNO2/c1-10(4-7-14-9-13)2-5-11(8-12)6-3-10/h9H,2-7H2,1H3. The molecule has 0 bridgehead atoms.